The molecule has 0 aliphatic heterocycles. The molecule has 1 atom stereocenters. The molecule has 64 valence electrons. The minimum Gasteiger partial charge on any atom is -0.480 e. The number of rotatable bonds is 4. The fourth-order valence-corrected chi connectivity index (χ4v) is 1.19. The summed E-state index contributed by atoms with van der Waals surface area (Å²) >= 11 is 11.8. The first-order valence-electron chi connectivity index (χ1n) is 2.65. The van der Waals surface area contributed by atoms with Crippen molar-refractivity contribution in [2.24, 2.45) is 5.73 Å². The first-order chi connectivity index (χ1) is 5.07. The molecule has 0 saturated heterocycles. The first-order valence-corrected chi connectivity index (χ1v) is 4.45. The number of nitrogens with two attached hydrogens (primary N) is 1. The van der Waals surface area contributed by atoms with E-state index in [9.17, 15) is 4.79 Å². The predicted octanol–water partition coefficient (Wildman–Crippen LogP) is 1.41. The molecule has 0 spiro atoms. The van der Waals surface area contributed by atoms with Crippen LogP contribution in [-0.4, -0.2) is 22.9 Å². The summed E-state index contributed by atoms with van der Waals surface area (Å²) < 4.78 is 0.336. The molecule has 6 heteroatoms. The minimum atomic E-state index is -1.04. The molecule has 0 fully saturated rings. The Morgan fingerprint density at radius 1 is 1.82 bits per heavy atom. The van der Waals surface area contributed by atoms with Crippen molar-refractivity contribution >= 4 is 40.9 Å². The molecule has 11 heavy (non-hydrogen) atoms. The lowest BCUT2D eigenvalue weighted by Gasteiger charge is -2.03. The van der Waals surface area contributed by atoms with Gasteiger partial charge in [-0.15, -0.1) is 11.8 Å². The summed E-state index contributed by atoms with van der Waals surface area (Å²) in [7, 11) is 0. The molecule has 0 bridgehead atoms. The van der Waals surface area contributed by atoms with Gasteiger partial charge in [0.15, 0.2) is 0 Å². The highest BCUT2D eigenvalue weighted by Gasteiger charge is 2.11. The van der Waals surface area contributed by atoms with Gasteiger partial charge in [0, 0.05) is 11.3 Å². The van der Waals surface area contributed by atoms with Gasteiger partial charge in [-0.1, -0.05) is 23.2 Å². The van der Waals surface area contributed by atoms with E-state index < -0.39 is 12.0 Å². The van der Waals surface area contributed by atoms with E-state index in [0.717, 1.165) is 11.8 Å². The van der Waals surface area contributed by atoms with Crippen LogP contribution >= 0.6 is 35.0 Å². The van der Waals surface area contributed by atoms with E-state index in [-0.39, 0.29) is 5.75 Å². The Morgan fingerprint density at radius 2 is 2.36 bits per heavy atom. The molecule has 0 aromatic rings. The number of hydrogen-bond acceptors (Lipinski definition) is 3. The van der Waals surface area contributed by atoms with Gasteiger partial charge in [-0.25, -0.2) is 0 Å². The van der Waals surface area contributed by atoms with Gasteiger partial charge in [-0.05, 0) is 0 Å². The van der Waals surface area contributed by atoms with E-state index >= 15 is 0 Å². The Bertz CT molecular complexity index is 174. The van der Waals surface area contributed by atoms with Crippen LogP contribution in [-0.2, 0) is 4.79 Å². The molecule has 0 unspecified atom stereocenters. The number of hydrogen-bond donors (Lipinski definition) is 2. The largest absolute Gasteiger partial charge is 0.480 e. The van der Waals surface area contributed by atoms with E-state index in [1.54, 1.807) is 0 Å². The SMILES string of the molecule is N[C@@H](CSC(Cl)=CCl)C(=O)O. The maximum Gasteiger partial charge on any atom is 0.321 e. The second-order valence-corrected chi connectivity index (χ2v) is 3.58. The third-order valence-electron chi connectivity index (χ3n) is 0.804. The molecule has 3 nitrogen and oxygen atoms in total. The van der Waals surface area contributed by atoms with Crippen molar-refractivity contribution in [3.05, 3.63) is 9.90 Å². The highest BCUT2D eigenvalue weighted by atomic mass is 35.5. The fraction of sp³-hybridized carbons (Fsp3) is 0.400. The van der Waals surface area contributed by atoms with Crippen molar-refractivity contribution in [2.45, 2.75) is 6.04 Å². The summed E-state index contributed by atoms with van der Waals surface area (Å²) in [5.74, 6) is -0.825. The number of carbonyl (C=O) groups is 1. The zero-order valence-corrected chi connectivity index (χ0v) is 7.79. The second kappa shape index (κ2) is 5.71. The normalized spacial score (nSPS) is 14.6. The summed E-state index contributed by atoms with van der Waals surface area (Å²) in [5.41, 5.74) is 6.34. The van der Waals surface area contributed by atoms with Crippen LogP contribution in [0.4, 0.5) is 0 Å². The smallest absolute Gasteiger partial charge is 0.321 e. The lowest BCUT2D eigenvalue weighted by molar-refractivity contribution is -0.137. The highest BCUT2D eigenvalue weighted by Crippen LogP contribution is 2.20. The average molecular weight is 216 g/mol. The monoisotopic (exact) mass is 215 g/mol. The number of thioether (sulfide) groups is 1. The lowest BCUT2D eigenvalue weighted by atomic mass is 10.4. The molecule has 0 heterocycles. The van der Waals surface area contributed by atoms with Gasteiger partial charge < -0.3 is 10.8 Å². The maximum absolute atomic E-state index is 10.2. The van der Waals surface area contributed by atoms with Crippen LogP contribution in [0.3, 0.4) is 0 Å². The average Bonchev–Trinajstić information content (AvgIpc) is 1.99. The minimum absolute atomic E-state index is 0.220. The summed E-state index contributed by atoms with van der Waals surface area (Å²) in [6, 6.07) is -0.898. The van der Waals surface area contributed by atoms with E-state index in [4.69, 9.17) is 34.0 Å². The van der Waals surface area contributed by atoms with Crippen LogP contribution in [0.1, 0.15) is 0 Å². The van der Waals surface area contributed by atoms with Crippen LogP contribution in [0.25, 0.3) is 0 Å². The Kier molecular flexibility index (Phi) is 5.76. The lowest BCUT2D eigenvalue weighted by Crippen LogP contribution is -2.32. The van der Waals surface area contributed by atoms with Gasteiger partial charge in [0.05, 0.1) is 4.36 Å². The van der Waals surface area contributed by atoms with E-state index in [0.29, 0.717) is 4.36 Å². The molecule has 0 aliphatic rings. The number of carboxylic acid groups (broad SMARTS) is 1. The fourth-order valence-electron chi connectivity index (χ4n) is 0.272. The van der Waals surface area contributed by atoms with Crippen LogP contribution < -0.4 is 5.73 Å². The molecule has 0 rings (SSSR count). The molecule has 0 aromatic carbocycles. The van der Waals surface area contributed by atoms with Gasteiger partial charge in [0.25, 0.3) is 0 Å². The van der Waals surface area contributed by atoms with Gasteiger partial charge in [-0.3, -0.25) is 4.79 Å². The second-order valence-electron chi connectivity index (χ2n) is 1.67. The Hall–Kier alpha value is 0.1000. The molecule has 3 N–H and O–H groups in total. The third-order valence-corrected chi connectivity index (χ3v) is 2.62. The summed E-state index contributed by atoms with van der Waals surface area (Å²) in [4.78, 5) is 10.2. The van der Waals surface area contributed by atoms with E-state index in [1.807, 2.05) is 0 Å². The van der Waals surface area contributed by atoms with Gasteiger partial charge in [0.2, 0.25) is 0 Å². The summed E-state index contributed by atoms with van der Waals surface area (Å²) in [6.45, 7) is 0. The van der Waals surface area contributed by atoms with Gasteiger partial charge >= 0.3 is 5.97 Å². The Morgan fingerprint density at radius 3 is 2.73 bits per heavy atom. The summed E-state index contributed by atoms with van der Waals surface area (Å²) in [5, 5.41) is 8.33. The number of carboxylic acids is 1. The quantitative estimate of drug-likeness (QED) is 0.745. The third kappa shape index (κ3) is 5.38. The Labute approximate surface area is 78.5 Å². The van der Waals surface area contributed by atoms with Crippen molar-refractivity contribution in [3.8, 4) is 0 Å². The molecule has 0 saturated carbocycles. The number of halogens is 2. The van der Waals surface area contributed by atoms with E-state index in [2.05, 4.69) is 0 Å². The molecule has 0 aliphatic carbocycles. The predicted molar refractivity (Wildman–Crippen MR) is 47.9 cm³/mol. The molecular formula is C5H7Cl2NO2S. The zero-order chi connectivity index (χ0) is 8.85. The van der Waals surface area contributed by atoms with Crippen LogP contribution in [0.2, 0.25) is 0 Å². The van der Waals surface area contributed by atoms with Crippen molar-refractivity contribution in [1.29, 1.82) is 0 Å². The van der Waals surface area contributed by atoms with E-state index in [1.165, 1.54) is 5.54 Å². The zero-order valence-electron chi connectivity index (χ0n) is 5.46. The number of aliphatic carboxylic acids is 1. The van der Waals surface area contributed by atoms with Gasteiger partial charge in [-0.2, -0.15) is 0 Å². The topological polar surface area (TPSA) is 63.3 Å². The summed E-state index contributed by atoms with van der Waals surface area (Å²) in [6.07, 6.45) is 0. The maximum atomic E-state index is 10.2. The molecular weight excluding hydrogens is 209 g/mol. The van der Waals surface area contributed by atoms with Crippen LogP contribution in [0, 0.1) is 0 Å². The van der Waals surface area contributed by atoms with Crippen molar-refractivity contribution in [1.82, 2.24) is 0 Å². The van der Waals surface area contributed by atoms with Crippen molar-refractivity contribution < 1.29 is 9.90 Å². The highest BCUT2D eigenvalue weighted by molar-refractivity contribution is 8.04. The van der Waals surface area contributed by atoms with Crippen LogP contribution in [0.15, 0.2) is 9.90 Å². The Balaban J connectivity index is 3.62. The van der Waals surface area contributed by atoms with Crippen molar-refractivity contribution in [2.75, 3.05) is 5.75 Å². The molecule has 0 radical (unpaired) electrons. The first kappa shape index (κ1) is 11.1. The van der Waals surface area contributed by atoms with Crippen LogP contribution in [0.5, 0.6) is 0 Å². The van der Waals surface area contributed by atoms with Gasteiger partial charge in [0.1, 0.15) is 6.04 Å². The molecule has 0 aromatic heterocycles. The molecule has 0 amide bonds. The van der Waals surface area contributed by atoms with Crippen molar-refractivity contribution in [3.63, 3.8) is 0 Å². The standard InChI is InChI=1S/C5H7Cl2NO2S/c6-1-4(7)11-2-3(8)5(9)10/h1,3H,2,8H2,(H,9,10)/t3-/m0/s1.